The van der Waals surface area contributed by atoms with Crippen LogP contribution in [0.5, 0.6) is 5.75 Å². The number of phenols is 1. The second-order valence-corrected chi connectivity index (χ2v) is 6.56. The second kappa shape index (κ2) is 6.67. The molecule has 1 saturated heterocycles. The monoisotopic (exact) mass is 406 g/mol. The summed E-state index contributed by atoms with van der Waals surface area (Å²) in [5.41, 5.74) is 1.28. The second-order valence-electron chi connectivity index (χ2n) is 5.21. The van der Waals surface area contributed by atoms with Crippen molar-refractivity contribution in [1.82, 2.24) is 10.2 Å². The zero-order valence-corrected chi connectivity index (χ0v) is 14.6. The quantitative estimate of drug-likeness (QED) is 0.599. The third-order valence-electron chi connectivity index (χ3n) is 3.51. The number of halogens is 2. The summed E-state index contributed by atoms with van der Waals surface area (Å²) in [5.74, 6) is -0.484. The summed E-state index contributed by atoms with van der Waals surface area (Å²) in [6, 6.07) is 11.3. The number of aromatic hydroxyl groups is 1. The van der Waals surface area contributed by atoms with Crippen molar-refractivity contribution < 1.29 is 14.7 Å². The van der Waals surface area contributed by atoms with Gasteiger partial charge in [0.2, 0.25) is 0 Å². The molecule has 0 atom stereocenters. The van der Waals surface area contributed by atoms with Crippen molar-refractivity contribution in [2.24, 2.45) is 0 Å². The zero-order valence-electron chi connectivity index (χ0n) is 12.3. The average Bonchev–Trinajstić information content (AvgIpc) is 2.80. The molecule has 3 amide bonds. The van der Waals surface area contributed by atoms with Crippen LogP contribution < -0.4 is 5.32 Å². The summed E-state index contributed by atoms with van der Waals surface area (Å²) in [6.45, 7) is 0.164. The van der Waals surface area contributed by atoms with Gasteiger partial charge in [0.15, 0.2) is 0 Å². The Morgan fingerprint density at radius 2 is 1.88 bits per heavy atom. The van der Waals surface area contributed by atoms with Gasteiger partial charge in [-0.3, -0.25) is 9.69 Å². The molecule has 0 spiro atoms. The highest BCUT2D eigenvalue weighted by molar-refractivity contribution is 9.10. The third kappa shape index (κ3) is 3.44. The Hall–Kier alpha value is -2.31. The highest BCUT2D eigenvalue weighted by Gasteiger charge is 2.33. The lowest BCUT2D eigenvalue weighted by atomic mass is 10.1. The Kier molecular flexibility index (Phi) is 4.59. The molecule has 24 heavy (non-hydrogen) atoms. The van der Waals surface area contributed by atoms with Gasteiger partial charge in [-0.1, -0.05) is 39.7 Å². The minimum atomic E-state index is -0.504. The molecule has 3 rings (SSSR count). The Balaban J connectivity index is 1.84. The number of carbonyl (C=O) groups excluding carboxylic acids is 2. The number of benzene rings is 2. The smallest absolute Gasteiger partial charge is 0.329 e. The normalized spacial score (nSPS) is 15.9. The van der Waals surface area contributed by atoms with E-state index in [0.717, 1.165) is 14.9 Å². The van der Waals surface area contributed by atoms with Crippen LogP contribution in [0.25, 0.3) is 6.08 Å². The van der Waals surface area contributed by atoms with E-state index in [4.69, 9.17) is 11.6 Å². The molecular weight excluding hydrogens is 396 g/mol. The molecule has 122 valence electrons. The van der Waals surface area contributed by atoms with Crippen molar-refractivity contribution in [2.75, 3.05) is 0 Å². The van der Waals surface area contributed by atoms with Crippen molar-refractivity contribution in [3.63, 3.8) is 0 Å². The molecular formula is C17H12BrClN2O3. The van der Waals surface area contributed by atoms with E-state index in [2.05, 4.69) is 21.2 Å². The van der Waals surface area contributed by atoms with Crippen molar-refractivity contribution in [1.29, 1.82) is 0 Å². The lowest BCUT2D eigenvalue weighted by Gasteiger charge is -2.11. The first-order chi connectivity index (χ1) is 11.4. The van der Waals surface area contributed by atoms with Crippen molar-refractivity contribution in [2.45, 2.75) is 6.54 Å². The van der Waals surface area contributed by atoms with Crippen molar-refractivity contribution in [3.05, 3.63) is 68.8 Å². The van der Waals surface area contributed by atoms with E-state index in [0.29, 0.717) is 10.6 Å². The highest BCUT2D eigenvalue weighted by Crippen LogP contribution is 2.25. The van der Waals surface area contributed by atoms with Gasteiger partial charge in [0, 0.05) is 15.1 Å². The largest absolute Gasteiger partial charge is 0.507 e. The molecule has 0 unspecified atom stereocenters. The van der Waals surface area contributed by atoms with E-state index in [-0.39, 0.29) is 18.0 Å². The third-order valence-corrected chi connectivity index (χ3v) is 4.27. The number of carbonyl (C=O) groups is 2. The molecule has 0 radical (unpaired) electrons. The topological polar surface area (TPSA) is 69.6 Å². The van der Waals surface area contributed by atoms with Gasteiger partial charge in [-0.25, -0.2) is 4.79 Å². The van der Waals surface area contributed by atoms with Gasteiger partial charge in [-0.2, -0.15) is 0 Å². The first-order valence-corrected chi connectivity index (χ1v) is 8.18. The summed E-state index contributed by atoms with van der Waals surface area (Å²) in [4.78, 5) is 25.6. The lowest BCUT2D eigenvalue weighted by molar-refractivity contribution is -0.123. The minimum absolute atomic E-state index is 0.0275. The predicted octanol–water partition coefficient (Wildman–Crippen LogP) is 3.90. The molecule has 1 fully saturated rings. The van der Waals surface area contributed by atoms with Crippen LogP contribution in [-0.4, -0.2) is 21.9 Å². The van der Waals surface area contributed by atoms with Crippen LogP contribution in [0.2, 0.25) is 5.02 Å². The van der Waals surface area contributed by atoms with E-state index < -0.39 is 11.9 Å². The maximum absolute atomic E-state index is 12.4. The van der Waals surface area contributed by atoms with Gasteiger partial charge >= 0.3 is 6.03 Å². The van der Waals surface area contributed by atoms with E-state index in [1.54, 1.807) is 0 Å². The molecule has 0 saturated carbocycles. The van der Waals surface area contributed by atoms with Gasteiger partial charge < -0.3 is 10.4 Å². The lowest BCUT2D eigenvalue weighted by Crippen LogP contribution is -2.30. The number of rotatable bonds is 3. The maximum atomic E-state index is 12.4. The number of hydrogen-bond acceptors (Lipinski definition) is 3. The fourth-order valence-corrected chi connectivity index (χ4v) is 2.73. The molecule has 2 aromatic rings. The molecule has 7 heteroatoms. The molecule has 0 aromatic heterocycles. The molecule has 1 aliphatic rings. The molecule has 0 bridgehead atoms. The average molecular weight is 408 g/mol. The zero-order chi connectivity index (χ0) is 17.3. The van der Waals surface area contributed by atoms with Gasteiger partial charge in [0.25, 0.3) is 5.91 Å². The number of phenolic OH excluding ortho intramolecular Hbond substituents is 1. The number of nitrogens with zero attached hydrogens (tertiary/aromatic N) is 1. The van der Waals surface area contributed by atoms with Crippen molar-refractivity contribution >= 4 is 45.5 Å². The summed E-state index contributed by atoms with van der Waals surface area (Å²) >= 11 is 9.23. The van der Waals surface area contributed by atoms with E-state index in [9.17, 15) is 14.7 Å². The van der Waals surface area contributed by atoms with Gasteiger partial charge in [-0.05, 0) is 42.0 Å². The van der Waals surface area contributed by atoms with E-state index in [1.807, 2.05) is 24.3 Å². The minimum Gasteiger partial charge on any atom is -0.507 e. The van der Waals surface area contributed by atoms with Crippen molar-refractivity contribution in [3.8, 4) is 5.75 Å². The van der Waals surface area contributed by atoms with Crippen LogP contribution in [0.1, 0.15) is 11.1 Å². The maximum Gasteiger partial charge on any atom is 0.329 e. The number of hydrogen-bond donors (Lipinski definition) is 2. The first-order valence-electron chi connectivity index (χ1n) is 7.01. The standard InChI is InChI=1S/C17H12BrClN2O3/c18-12-3-1-10(2-4-12)9-21-16(23)14(20-17(21)24)8-11-7-13(19)5-6-15(11)22/h1-8,22H,9H2,(H,20,24)/b14-8+. The number of amides is 3. The highest BCUT2D eigenvalue weighted by atomic mass is 79.9. The van der Waals surface area contributed by atoms with E-state index >= 15 is 0 Å². The van der Waals surface area contributed by atoms with Crippen LogP contribution in [-0.2, 0) is 11.3 Å². The predicted molar refractivity (Wildman–Crippen MR) is 94.3 cm³/mol. The fourth-order valence-electron chi connectivity index (χ4n) is 2.28. The number of nitrogens with one attached hydrogen (secondary N) is 1. The SMILES string of the molecule is O=C1N/C(=C/c2cc(Cl)ccc2O)C(=O)N1Cc1ccc(Br)cc1. The van der Waals surface area contributed by atoms with Crippen LogP contribution in [0.3, 0.4) is 0 Å². The van der Waals surface area contributed by atoms with Gasteiger partial charge in [0.1, 0.15) is 11.4 Å². The molecule has 2 aromatic carbocycles. The molecule has 1 aliphatic heterocycles. The Morgan fingerprint density at radius 1 is 1.17 bits per heavy atom. The molecule has 0 aliphatic carbocycles. The number of imide groups is 1. The fraction of sp³-hybridized carbons (Fsp3) is 0.0588. The summed E-state index contributed by atoms with van der Waals surface area (Å²) < 4.78 is 0.917. The van der Waals surface area contributed by atoms with E-state index in [1.165, 1.54) is 24.3 Å². The Labute approximate surface area is 151 Å². The molecule has 5 nitrogen and oxygen atoms in total. The van der Waals surface area contributed by atoms with Gasteiger partial charge in [-0.15, -0.1) is 0 Å². The van der Waals surface area contributed by atoms with Crippen LogP contribution in [0.15, 0.2) is 52.6 Å². The van der Waals surface area contributed by atoms with Crippen LogP contribution in [0, 0.1) is 0 Å². The van der Waals surface area contributed by atoms with Crippen LogP contribution in [0.4, 0.5) is 4.79 Å². The first kappa shape index (κ1) is 16.5. The summed E-state index contributed by atoms with van der Waals surface area (Å²) in [7, 11) is 0. The summed E-state index contributed by atoms with van der Waals surface area (Å²) in [5, 5.41) is 12.8. The molecule has 2 N–H and O–H groups in total. The molecule has 1 heterocycles. The Morgan fingerprint density at radius 3 is 2.58 bits per heavy atom. The Bertz CT molecular complexity index is 849. The number of urea groups is 1. The van der Waals surface area contributed by atoms with Crippen LogP contribution >= 0.6 is 27.5 Å². The summed E-state index contributed by atoms with van der Waals surface area (Å²) in [6.07, 6.45) is 1.41. The van der Waals surface area contributed by atoms with Gasteiger partial charge in [0.05, 0.1) is 6.54 Å².